The highest BCUT2D eigenvalue weighted by atomic mass is 16.1. The van der Waals surface area contributed by atoms with Crippen molar-refractivity contribution >= 4 is 16.9 Å². The molecule has 5 nitrogen and oxygen atoms in total. The molecule has 1 N–H and O–H groups in total. The Balaban J connectivity index is 1.81. The van der Waals surface area contributed by atoms with Crippen molar-refractivity contribution in [3.63, 3.8) is 0 Å². The molecule has 0 aliphatic heterocycles. The second-order valence-electron chi connectivity index (χ2n) is 5.57. The summed E-state index contributed by atoms with van der Waals surface area (Å²) >= 11 is 0. The number of amides is 1. The van der Waals surface area contributed by atoms with Crippen LogP contribution in [-0.4, -0.2) is 27.2 Å². The number of pyridine rings is 1. The summed E-state index contributed by atoms with van der Waals surface area (Å²) in [5.74, 6) is 5.83. The first-order valence-electron chi connectivity index (χ1n) is 7.69. The van der Waals surface area contributed by atoms with Gasteiger partial charge in [-0.3, -0.25) is 9.48 Å². The maximum atomic E-state index is 12.5. The molecular formula is C19H18N4O. The molecule has 0 atom stereocenters. The van der Waals surface area contributed by atoms with Gasteiger partial charge in [0.25, 0.3) is 5.91 Å². The highest BCUT2D eigenvalue weighted by Gasteiger charge is 2.17. The van der Waals surface area contributed by atoms with Crippen molar-refractivity contribution in [1.29, 1.82) is 0 Å². The average Bonchev–Trinajstić information content (AvgIpc) is 2.86. The minimum atomic E-state index is -0.163. The fourth-order valence-corrected chi connectivity index (χ4v) is 2.64. The number of aryl methyl sites for hydroxylation is 3. The third-order valence-corrected chi connectivity index (χ3v) is 3.69. The van der Waals surface area contributed by atoms with E-state index in [-0.39, 0.29) is 12.5 Å². The lowest BCUT2D eigenvalue weighted by Gasteiger charge is -2.05. The van der Waals surface area contributed by atoms with Crippen LogP contribution in [0.4, 0.5) is 0 Å². The third kappa shape index (κ3) is 3.13. The quantitative estimate of drug-likeness (QED) is 0.738. The van der Waals surface area contributed by atoms with Crippen LogP contribution in [0.25, 0.3) is 11.0 Å². The highest BCUT2D eigenvalue weighted by molar-refractivity contribution is 6.06. The van der Waals surface area contributed by atoms with Crippen molar-refractivity contribution in [2.45, 2.75) is 13.8 Å². The van der Waals surface area contributed by atoms with Gasteiger partial charge in [0.1, 0.15) is 0 Å². The predicted octanol–water partition coefficient (Wildman–Crippen LogP) is 2.37. The Kier molecular flexibility index (Phi) is 4.30. The molecule has 0 aliphatic carbocycles. The van der Waals surface area contributed by atoms with Crippen molar-refractivity contribution < 1.29 is 4.79 Å². The molecule has 24 heavy (non-hydrogen) atoms. The summed E-state index contributed by atoms with van der Waals surface area (Å²) < 4.78 is 1.70. The minimum Gasteiger partial charge on any atom is -0.341 e. The van der Waals surface area contributed by atoms with Crippen LogP contribution in [0.3, 0.4) is 0 Å². The molecule has 1 aromatic carbocycles. The Hall–Kier alpha value is -3.13. The molecule has 0 spiro atoms. The van der Waals surface area contributed by atoms with Gasteiger partial charge in [0.2, 0.25) is 0 Å². The second-order valence-corrected chi connectivity index (χ2v) is 5.57. The van der Waals surface area contributed by atoms with Gasteiger partial charge in [0.05, 0.1) is 23.2 Å². The number of rotatable bonds is 2. The average molecular weight is 318 g/mol. The van der Waals surface area contributed by atoms with Crippen LogP contribution < -0.4 is 5.32 Å². The van der Waals surface area contributed by atoms with E-state index >= 15 is 0 Å². The molecule has 120 valence electrons. The Morgan fingerprint density at radius 1 is 1.25 bits per heavy atom. The SMILES string of the molecule is Cc1cc(C(=O)NCC#Cc2ccccc2)c2c(C)nn(C)c2n1. The summed E-state index contributed by atoms with van der Waals surface area (Å²) in [6.45, 7) is 4.04. The molecule has 0 aliphatic rings. The molecule has 0 fully saturated rings. The number of carbonyl (C=O) groups excluding carboxylic acids is 1. The lowest BCUT2D eigenvalue weighted by Crippen LogP contribution is -2.24. The maximum Gasteiger partial charge on any atom is 0.252 e. The van der Waals surface area contributed by atoms with Crippen LogP contribution in [0.5, 0.6) is 0 Å². The molecule has 0 saturated carbocycles. The van der Waals surface area contributed by atoms with Crippen molar-refractivity contribution in [2.24, 2.45) is 7.05 Å². The fourth-order valence-electron chi connectivity index (χ4n) is 2.64. The summed E-state index contributed by atoms with van der Waals surface area (Å²) in [5.41, 5.74) is 3.81. The number of benzene rings is 1. The largest absolute Gasteiger partial charge is 0.341 e. The van der Waals surface area contributed by atoms with E-state index < -0.39 is 0 Å². The summed E-state index contributed by atoms with van der Waals surface area (Å²) in [5, 5.41) is 7.99. The molecule has 3 aromatic rings. The molecule has 0 unspecified atom stereocenters. The van der Waals surface area contributed by atoms with Crippen molar-refractivity contribution in [1.82, 2.24) is 20.1 Å². The van der Waals surface area contributed by atoms with E-state index in [0.717, 1.165) is 22.3 Å². The Morgan fingerprint density at radius 2 is 2.00 bits per heavy atom. The van der Waals surface area contributed by atoms with Crippen molar-refractivity contribution in [3.05, 3.63) is 58.9 Å². The van der Waals surface area contributed by atoms with E-state index in [9.17, 15) is 4.79 Å². The number of fused-ring (bicyclic) bond motifs is 1. The Morgan fingerprint density at radius 3 is 2.75 bits per heavy atom. The van der Waals surface area contributed by atoms with Gasteiger partial charge in [0, 0.05) is 18.3 Å². The van der Waals surface area contributed by atoms with Crippen LogP contribution in [0.1, 0.15) is 27.3 Å². The van der Waals surface area contributed by atoms with Crippen LogP contribution in [0.2, 0.25) is 0 Å². The van der Waals surface area contributed by atoms with E-state index in [0.29, 0.717) is 11.2 Å². The monoisotopic (exact) mass is 318 g/mol. The minimum absolute atomic E-state index is 0.163. The molecule has 0 radical (unpaired) electrons. The fraction of sp³-hybridized carbons (Fsp3) is 0.211. The third-order valence-electron chi connectivity index (χ3n) is 3.69. The van der Waals surface area contributed by atoms with E-state index in [1.54, 1.807) is 10.7 Å². The second kappa shape index (κ2) is 6.55. The van der Waals surface area contributed by atoms with Gasteiger partial charge >= 0.3 is 0 Å². The summed E-state index contributed by atoms with van der Waals surface area (Å²) in [7, 11) is 1.83. The van der Waals surface area contributed by atoms with Gasteiger partial charge < -0.3 is 5.32 Å². The Bertz CT molecular complexity index is 962. The molecule has 5 heteroatoms. The molecule has 0 bridgehead atoms. The zero-order valence-electron chi connectivity index (χ0n) is 13.9. The van der Waals surface area contributed by atoms with Gasteiger partial charge in [0.15, 0.2) is 5.65 Å². The van der Waals surface area contributed by atoms with Crippen LogP contribution in [0, 0.1) is 25.7 Å². The van der Waals surface area contributed by atoms with E-state index in [2.05, 4.69) is 27.2 Å². The number of nitrogens with one attached hydrogen (secondary N) is 1. The molecule has 1 amide bonds. The summed E-state index contributed by atoms with van der Waals surface area (Å²) in [6.07, 6.45) is 0. The zero-order chi connectivity index (χ0) is 17.1. The molecule has 2 heterocycles. The lowest BCUT2D eigenvalue weighted by atomic mass is 10.1. The number of carbonyl (C=O) groups is 1. The summed E-state index contributed by atoms with van der Waals surface area (Å²) in [4.78, 5) is 17.0. The predicted molar refractivity (Wildman–Crippen MR) is 93.6 cm³/mol. The van der Waals surface area contributed by atoms with Gasteiger partial charge in [-0.1, -0.05) is 30.0 Å². The zero-order valence-corrected chi connectivity index (χ0v) is 13.9. The van der Waals surface area contributed by atoms with E-state index in [1.807, 2.05) is 51.2 Å². The van der Waals surface area contributed by atoms with Crippen LogP contribution >= 0.6 is 0 Å². The number of hydrogen-bond donors (Lipinski definition) is 1. The first-order valence-corrected chi connectivity index (χ1v) is 7.69. The van der Waals surface area contributed by atoms with Gasteiger partial charge in [-0.15, -0.1) is 0 Å². The first kappa shape index (κ1) is 15.8. The van der Waals surface area contributed by atoms with Gasteiger partial charge in [-0.25, -0.2) is 4.98 Å². The van der Waals surface area contributed by atoms with Gasteiger partial charge in [-0.05, 0) is 32.0 Å². The van der Waals surface area contributed by atoms with Crippen molar-refractivity contribution in [3.8, 4) is 11.8 Å². The topological polar surface area (TPSA) is 59.8 Å². The lowest BCUT2D eigenvalue weighted by molar-refractivity contribution is 0.0960. The maximum absolute atomic E-state index is 12.5. The van der Waals surface area contributed by atoms with Gasteiger partial charge in [-0.2, -0.15) is 5.10 Å². The molecular weight excluding hydrogens is 300 g/mol. The Labute approximate surface area is 140 Å². The van der Waals surface area contributed by atoms with Crippen LogP contribution in [-0.2, 0) is 7.05 Å². The van der Waals surface area contributed by atoms with Crippen molar-refractivity contribution in [2.75, 3.05) is 6.54 Å². The highest BCUT2D eigenvalue weighted by Crippen LogP contribution is 2.21. The number of nitrogens with zero attached hydrogens (tertiary/aromatic N) is 3. The molecule has 3 rings (SSSR count). The van der Waals surface area contributed by atoms with Crippen LogP contribution in [0.15, 0.2) is 36.4 Å². The van der Waals surface area contributed by atoms with E-state index in [4.69, 9.17) is 0 Å². The van der Waals surface area contributed by atoms with E-state index in [1.165, 1.54) is 0 Å². The summed E-state index contributed by atoms with van der Waals surface area (Å²) in [6, 6.07) is 11.5. The number of aromatic nitrogens is 3. The standard InChI is InChI=1S/C19H18N4O/c1-13-12-16(17-14(2)22-23(3)18(17)21-13)19(24)20-11-7-10-15-8-5-4-6-9-15/h4-6,8-9,12H,11H2,1-3H3,(H,20,24). The first-order chi connectivity index (χ1) is 11.6. The molecule has 2 aromatic heterocycles. The normalized spacial score (nSPS) is 10.3. The molecule has 0 saturated heterocycles. The smallest absolute Gasteiger partial charge is 0.252 e. The number of hydrogen-bond acceptors (Lipinski definition) is 3.